The summed E-state index contributed by atoms with van der Waals surface area (Å²) in [5, 5.41) is 13.0. The van der Waals surface area contributed by atoms with Gasteiger partial charge >= 0.3 is 0 Å². The molecule has 2 aromatic rings. The minimum atomic E-state index is -0.121. The lowest BCUT2D eigenvalue weighted by molar-refractivity contribution is 0.0782. The zero-order valence-electron chi connectivity index (χ0n) is 11.2. The second kappa shape index (κ2) is 5.14. The third-order valence-corrected chi connectivity index (χ3v) is 2.95. The van der Waals surface area contributed by atoms with Crippen molar-refractivity contribution in [3.05, 3.63) is 46.8 Å². The van der Waals surface area contributed by atoms with Gasteiger partial charge in [0.15, 0.2) is 0 Å². The minimum Gasteiger partial charge on any atom is -0.508 e. The number of nitrogens with zero attached hydrogens (tertiary/aromatic N) is 2. The van der Waals surface area contributed by atoms with E-state index in [0.717, 1.165) is 5.56 Å². The molecular formula is C14H16N2O3. The van der Waals surface area contributed by atoms with Crippen molar-refractivity contribution in [2.24, 2.45) is 0 Å². The van der Waals surface area contributed by atoms with Crippen LogP contribution in [0.4, 0.5) is 0 Å². The molecule has 100 valence electrons. The van der Waals surface area contributed by atoms with Crippen molar-refractivity contribution >= 4 is 5.91 Å². The van der Waals surface area contributed by atoms with Crippen LogP contribution < -0.4 is 0 Å². The van der Waals surface area contributed by atoms with Crippen LogP contribution in [-0.2, 0) is 6.54 Å². The van der Waals surface area contributed by atoms with Crippen molar-refractivity contribution < 1.29 is 14.4 Å². The van der Waals surface area contributed by atoms with Gasteiger partial charge in [0, 0.05) is 13.6 Å². The molecular weight excluding hydrogens is 244 g/mol. The normalized spacial score (nSPS) is 10.5. The largest absolute Gasteiger partial charge is 0.508 e. The Bertz CT molecular complexity index is 568. The Kier molecular flexibility index (Phi) is 3.55. The zero-order valence-corrected chi connectivity index (χ0v) is 11.2. The average Bonchev–Trinajstić information content (AvgIpc) is 2.71. The third-order valence-electron chi connectivity index (χ3n) is 2.95. The molecule has 1 aromatic carbocycles. The lowest BCUT2D eigenvalue weighted by atomic mass is 10.1. The number of amides is 1. The van der Waals surface area contributed by atoms with Crippen molar-refractivity contribution in [3.63, 3.8) is 0 Å². The summed E-state index contributed by atoms with van der Waals surface area (Å²) in [4.78, 5) is 13.9. The number of aromatic hydroxyl groups is 1. The van der Waals surface area contributed by atoms with Gasteiger partial charge in [-0.25, -0.2) is 0 Å². The zero-order chi connectivity index (χ0) is 14.0. The predicted octanol–water partition coefficient (Wildman–Crippen LogP) is 2.27. The maximum Gasteiger partial charge on any atom is 0.259 e. The molecule has 0 spiro atoms. The van der Waals surface area contributed by atoms with Crippen molar-refractivity contribution in [1.82, 2.24) is 10.1 Å². The summed E-state index contributed by atoms with van der Waals surface area (Å²) in [7, 11) is 1.72. The fourth-order valence-corrected chi connectivity index (χ4v) is 1.93. The number of phenols is 1. The van der Waals surface area contributed by atoms with Gasteiger partial charge in [0.2, 0.25) is 0 Å². The number of benzene rings is 1. The first-order valence-corrected chi connectivity index (χ1v) is 5.95. The van der Waals surface area contributed by atoms with E-state index in [4.69, 9.17) is 4.52 Å². The van der Waals surface area contributed by atoms with Crippen LogP contribution in [0.1, 0.15) is 27.4 Å². The number of aryl methyl sites for hydroxylation is 2. The van der Waals surface area contributed by atoms with Gasteiger partial charge in [-0.05, 0) is 31.5 Å². The number of hydrogen-bond donors (Lipinski definition) is 1. The smallest absolute Gasteiger partial charge is 0.259 e. The molecule has 0 unspecified atom stereocenters. The molecule has 0 aliphatic rings. The molecule has 0 radical (unpaired) electrons. The van der Waals surface area contributed by atoms with Gasteiger partial charge in [-0.3, -0.25) is 4.79 Å². The van der Waals surface area contributed by atoms with E-state index in [1.807, 2.05) is 0 Å². The van der Waals surface area contributed by atoms with Gasteiger partial charge in [0.05, 0.1) is 5.69 Å². The van der Waals surface area contributed by atoms with Crippen molar-refractivity contribution in [3.8, 4) is 5.75 Å². The number of phenolic OH excluding ortho intramolecular Hbond substituents is 1. The molecule has 1 heterocycles. The van der Waals surface area contributed by atoms with E-state index in [-0.39, 0.29) is 11.7 Å². The van der Waals surface area contributed by atoms with Gasteiger partial charge < -0.3 is 14.5 Å². The van der Waals surface area contributed by atoms with Gasteiger partial charge in [0.1, 0.15) is 17.1 Å². The van der Waals surface area contributed by atoms with E-state index in [0.29, 0.717) is 23.6 Å². The van der Waals surface area contributed by atoms with Crippen LogP contribution in [0.15, 0.2) is 28.8 Å². The van der Waals surface area contributed by atoms with Crippen molar-refractivity contribution in [2.45, 2.75) is 20.4 Å². The average molecular weight is 260 g/mol. The molecule has 0 aliphatic heterocycles. The van der Waals surface area contributed by atoms with Crippen LogP contribution in [0.3, 0.4) is 0 Å². The summed E-state index contributed by atoms with van der Waals surface area (Å²) in [6.07, 6.45) is 0. The molecule has 0 fully saturated rings. The first-order valence-electron chi connectivity index (χ1n) is 5.95. The summed E-state index contributed by atoms with van der Waals surface area (Å²) >= 11 is 0. The molecule has 1 N–H and O–H groups in total. The molecule has 1 aromatic heterocycles. The molecule has 5 heteroatoms. The quantitative estimate of drug-likeness (QED) is 0.919. The highest BCUT2D eigenvalue weighted by molar-refractivity contribution is 5.95. The Morgan fingerprint density at radius 3 is 2.47 bits per heavy atom. The van der Waals surface area contributed by atoms with E-state index < -0.39 is 0 Å². The highest BCUT2D eigenvalue weighted by atomic mass is 16.5. The number of carbonyl (C=O) groups is 1. The van der Waals surface area contributed by atoms with Gasteiger partial charge in [-0.2, -0.15) is 0 Å². The van der Waals surface area contributed by atoms with E-state index in [1.54, 1.807) is 50.1 Å². The molecule has 2 rings (SSSR count). The summed E-state index contributed by atoms with van der Waals surface area (Å²) in [5.74, 6) is 0.618. The second-order valence-electron chi connectivity index (χ2n) is 4.53. The fourth-order valence-electron chi connectivity index (χ4n) is 1.93. The maximum absolute atomic E-state index is 12.3. The Balaban J connectivity index is 2.14. The number of aromatic nitrogens is 1. The molecule has 1 amide bonds. The van der Waals surface area contributed by atoms with Gasteiger partial charge in [-0.1, -0.05) is 17.3 Å². The number of carbonyl (C=O) groups excluding carboxylic acids is 1. The Labute approximate surface area is 111 Å². The first-order chi connectivity index (χ1) is 8.99. The highest BCUT2D eigenvalue weighted by Crippen LogP contribution is 2.17. The van der Waals surface area contributed by atoms with E-state index in [9.17, 15) is 9.90 Å². The third kappa shape index (κ3) is 2.76. The fraction of sp³-hybridized carbons (Fsp3) is 0.286. The summed E-state index contributed by atoms with van der Waals surface area (Å²) in [5.41, 5.74) is 2.06. The van der Waals surface area contributed by atoms with E-state index in [2.05, 4.69) is 5.16 Å². The maximum atomic E-state index is 12.3. The van der Waals surface area contributed by atoms with Crippen LogP contribution in [0.25, 0.3) is 0 Å². The Hall–Kier alpha value is -2.30. The van der Waals surface area contributed by atoms with Crippen molar-refractivity contribution in [2.75, 3.05) is 7.05 Å². The second-order valence-corrected chi connectivity index (χ2v) is 4.53. The molecule has 0 bridgehead atoms. The van der Waals surface area contributed by atoms with Crippen molar-refractivity contribution in [1.29, 1.82) is 0 Å². The van der Waals surface area contributed by atoms with Gasteiger partial charge in [-0.15, -0.1) is 0 Å². The van der Waals surface area contributed by atoms with Gasteiger partial charge in [0.25, 0.3) is 5.91 Å². The van der Waals surface area contributed by atoms with Crippen LogP contribution in [0, 0.1) is 13.8 Å². The number of hydrogen-bond acceptors (Lipinski definition) is 4. The Morgan fingerprint density at radius 2 is 1.95 bits per heavy atom. The standard InChI is InChI=1S/C14H16N2O3/c1-9-13(10(2)19-15-9)14(18)16(3)8-11-4-6-12(17)7-5-11/h4-7,17H,8H2,1-3H3. The topological polar surface area (TPSA) is 66.6 Å². The summed E-state index contributed by atoms with van der Waals surface area (Å²) in [6, 6.07) is 6.77. The lowest BCUT2D eigenvalue weighted by Crippen LogP contribution is -2.27. The first kappa shape index (κ1) is 13.1. The molecule has 0 saturated carbocycles. The SMILES string of the molecule is Cc1noc(C)c1C(=O)N(C)Cc1ccc(O)cc1. The van der Waals surface area contributed by atoms with E-state index >= 15 is 0 Å². The molecule has 0 atom stereocenters. The molecule has 0 saturated heterocycles. The lowest BCUT2D eigenvalue weighted by Gasteiger charge is -2.17. The molecule has 0 aliphatic carbocycles. The van der Waals surface area contributed by atoms with Crippen LogP contribution in [0.2, 0.25) is 0 Å². The summed E-state index contributed by atoms with van der Waals surface area (Å²) in [6.45, 7) is 3.93. The van der Waals surface area contributed by atoms with E-state index in [1.165, 1.54) is 0 Å². The number of rotatable bonds is 3. The highest BCUT2D eigenvalue weighted by Gasteiger charge is 2.20. The van der Waals surface area contributed by atoms with Crippen LogP contribution in [0.5, 0.6) is 5.75 Å². The van der Waals surface area contributed by atoms with Crippen LogP contribution >= 0.6 is 0 Å². The summed E-state index contributed by atoms with van der Waals surface area (Å²) < 4.78 is 5.00. The molecule has 5 nitrogen and oxygen atoms in total. The predicted molar refractivity (Wildman–Crippen MR) is 69.9 cm³/mol. The minimum absolute atomic E-state index is 0.121. The molecule has 19 heavy (non-hydrogen) atoms. The Morgan fingerprint density at radius 1 is 1.32 bits per heavy atom. The monoisotopic (exact) mass is 260 g/mol. The van der Waals surface area contributed by atoms with Crippen LogP contribution in [-0.4, -0.2) is 28.1 Å².